The van der Waals surface area contributed by atoms with Gasteiger partial charge in [0.15, 0.2) is 0 Å². The maximum Gasteiger partial charge on any atom is 0.335 e. The zero-order valence-electron chi connectivity index (χ0n) is 13.6. The van der Waals surface area contributed by atoms with E-state index >= 15 is 0 Å². The van der Waals surface area contributed by atoms with E-state index in [1.54, 1.807) is 6.07 Å². The molecular formula is C18H15FN2O5. The van der Waals surface area contributed by atoms with Gasteiger partial charge in [-0.2, -0.15) is 0 Å². The molecule has 0 aliphatic heterocycles. The molecule has 0 bridgehead atoms. The predicted octanol–water partition coefficient (Wildman–Crippen LogP) is 3.38. The second-order valence-corrected chi connectivity index (χ2v) is 6.06. The van der Waals surface area contributed by atoms with Crippen LogP contribution in [0.5, 0.6) is 0 Å². The molecule has 0 atom stereocenters. The number of nitro groups is 1. The molecule has 3 rings (SSSR count). The number of nitro benzene ring substituents is 1. The first-order valence-corrected chi connectivity index (χ1v) is 7.95. The number of carboxylic acid groups (broad SMARTS) is 1. The van der Waals surface area contributed by atoms with E-state index < -0.39 is 22.4 Å². The molecule has 2 aromatic carbocycles. The SMILES string of the molecule is O=C(O)c1ccc([N+](=O)[O-])c(N(Cc2ccccc2F)C(=O)C2CC2)c1. The lowest BCUT2D eigenvalue weighted by Crippen LogP contribution is -2.32. The number of nitrogens with zero attached hydrogens (tertiary/aromatic N) is 2. The quantitative estimate of drug-likeness (QED) is 0.630. The summed E-state index contributed by atoms with van der Waals surface area (Å²) in [5, 5.41) is 20.6. The summed E-state index contributed by atoms with van der Waals surface area (Å²) in [6, 6.07) is 9.05. The van der Waals surface area contributed by atoms with Crippen LogP contribution < -0.4 is 4.90 Å². The first-order valence-electron chi connectivity index (χ1n) is 7.95. The Morgan fingerprint density at radius 2 is 1.92 bits per heavy atom. The average molecular weight is 358 g/mol. The molecule has 0 saturated heterocycles. The van der Waals surface area contributed by atoms with Crippen molar-refractivity contribution in [3.8, 4) is 0 Å². The molecular weight excluding hydrogens is 343 g/mol. The van der Waals surface area contributed by atoms with E-state index in [1.807, 2.05) is 0 Å². The first kappa shape index (κ1) is 17.5. The highest BCUT2D eigenvalue weighted by Crippen LogP contribution is 2.37. The van der Waals surface area contributed by atoms with Crippen LogP contribution in [0.15, 0.2) is 42.5 Å². The molecule has 1 amide bonds. The van der Waals surface area contributed by atoms with Crippen LogP contribution in [0.25, 0.3) is 0 Å². The fourth-order valence-electron chi connectivity index (χ4n) is 2.66. The van der Waals surface area contributed by atoms with E-state index in [1.165, 1.54) is 18.2 Å². The Kier molecular flexibility index (Phi) is 4.66. The maximum atomic E-state index is 14.0. The van der Waals surface area contributed by atoms with Crippen molar-refractivity contribution in [2.45, 2.75) is 19.4 Å². The molecule has 8 heteroatoms. The molecule has 1 saturated carbocycles. The number of carbonyl (C=O) groups is 2. The Labute approximate surface area is 147 Å². The fraction of sp³-hybridized carbons (Fsp3) is 0.222. The van der Waals surface area contributed by atoms with Crippen molar-refractivity contribution in [1.29, 1.82) is 0 Å². The van der Waals surface area contributed by atoms with Gasteiger partial charge in [-0.3, -0.25) is 14.9 Å². The van der Waals surface area contributed by atoms with Crippen LogP contribution in [0.3, 0.4) is 0 Å². The maximum absolute atomic E-state index is 14.0. The van der Waals surface area contributed by atoms with E-state index in [-0.39, 0.29) is 35.2 Å². The Morgan fingerprint density at radius 1 is 1.23 bits per heavy atom. The second-order valence-electron chi connectivity index (χ2n) is 6.06. The van der Waals surface area contributed by atoms with Gasteiger partial charge in [-0.05, 0) is 31.0 Å². The van der Waals surface area contributed by atoms with Crippen LogP contribution in [0, 0.1) is 21.8 Å². The van der Waals surface area contributed by atoms with Crippen LogP contribution >= 0.6 is 0 Å². The van der Waals surface area contributed by atoms with Gasteiger partial charge >= 0.3 is 5.97 Å². The van der Waals surface area contributed by atoms with Crippen molar-refractivity contribution in [1.82, 2.24) is 0 Å². The van der Waals surface area contributed by atoms with Crippen LogP contribution in [-0.2, 0) is 11.3 Å². The minimum absolute atomic E-state index is 0.143. The zero-order valence-corrected chi connectivity index (χ0v) is 13.6. The predicted molar refractivity (Wildman–Crippen MR) is 90.4 cm³/mol. The number of anilines is 1. The molecule has 2 aromatic rings. The van der Waals surface area contributed by atoms with Crippen LogP contribution in [0.4, 0.5) is 15.8 Å². The Balaban J connectivity index is 2.10. The third-order valence-electron chi connectivity index (χ3n) is 4.19. The van der Waals surface area contributed by atoms with Gasteiger partial charge in [0, 0.05) is 17.5 Å². The van der Waals surface area contributed by atoms with Gasteiger partial charge in [-0.15, -0.1) is 0 Å². The molecule has 1 aliphatic carbocycles. The van der Waals surface area contributed by atoms with Crippen molar-refractivity contribution >= 4 is 23.3 Å². The molecule has 26 heavy (non-hydrogen) atoms. The minimum Gasteiger partial charge on any atom is -0.478 e. The Bertz CT molecular complexity index is 895. The lowest BCUT2D eigenvalue weighted by atomic mass is 10.1. The van der Waals surface area contributed by atoms with Gasteiger partial charge in [0.05, 0.1) is 17.0 Å². The standard InChI is InChI=1S/C18H15FN2O5/c19-14-4-2-1-3-13(14)10-20(17(22)11-5-6-11)16-9-12(18(23)24)7-8-15(16)21(25)26/h1-4,7-9,11H,5-6,10H2,(H,23,24). The van der Waals surface area contributed by atoms with E-state index in [4.69, 9.17) is 0 Å². The molecule has 0 spiro atoms. The summed E-state index contributed by atoms with van der Waals surface area (Å²) < 4.78 is 14.0. The molecule has 0 aromatic heterocycles. The number of hydrogen-bond acceptors (Lipinski definition) is 4. The highest BCUT2D eigenvalue weighted by atomic mass is 19.1. The van der Waals surface area contributed by atoms with E-state index in [9.17, 15) is 29.2 Å². The molecule has 1 fully saturated rings. The summed E-state index contributed by atoms with van der Waals surface area (Å²) in [5.74, 6) is -2.47. The number of rotatable bonds is 6. The largest absolute Gasteiger partial charge is 0.478 e. The molecule has 1 N–H and O–H groups in total. The summed E-state index contributed by atoms with van der Waals surface area (Å²) in [7, 11) is 0. The van der Waals surface area contributed by atoms with E-state index in [0.717, 1.165) is 23.1 Å². The van der Waals surface area contributed by atoms with E-state index in [2.05, 4.69) is 0 Å². The smallest absolute Gasteiger partial charge is 0.335 e. The van der Waals surface area contributed by atoms with Gasteiger partial charge in [0.25, 0.3) is 5.69 Å². The van der Waals surface area contributed by atoms with Crippen molar-refractivity contribution < 1.29 is 24.0 Å². The van der Waals surface area contributed by atoms with Crippen molar-refractivity contribution in [2.24, 2.45) is 5.92 Å². The van der Waals surface area contributed by atoms with Crippen molar-refractivity contribution in [3.05, 3.63) is 69.5 Å². The lowest BCUT2D eigenvalue weighted by Gasteiger charge is -2.23. The topological polar surface area (TPSA) is 101 Å². The number of benzene rings is 2. The summed E-state index contributed by atoms with van der Waals surface area (Å²) >= 11 is 0. The number of carbonyl (C=O) groups excluding carboxylic acids is 1. The van der Waals surface area contributed by atoms with Gasteiger partial charge in [0.1, 0.15) is 11.5 Å². The van der Waals surface area contributed by atoms with Gasteiger partial charge in [0.2, 0.25) is 5.91 Å². The highest BCUT2D eigenvalue weighted by molar-refractivity contribution is 6.00. The third-order valence-corrected chi connectivity index (χ3v) is 4.19. The summed E-state index contributed by atoms with van der Waals surface area (Å²) in [6.45, 7) is -0.216. The Morgan fingerprint density at radius 3 is 2.50 bits per heavy atom. The first-order chi connectivity index (χ1) is 12.4. The molecule has 0 radical (unpaired) electrons. The van der Waals surface area contributed by atoms with Gasteiger partial charge in [-0.1, -0.05) is 18.2 Å². The van der Waals surface area contributed by atoms with Gasteiger partial charge < -0.3 is 10.0 Å². The fourth-order valence-corrected chi connectivity index (χ4v) is 2.66. The third kappa shape index (κ3) is 3.53. The molecule has 134 valence electrons. The summed E-state index contributed by atoms with van der Waals surface area (Å²) in [6.07, 6.45) is 1.30. The molecule has 7 nitrogen and oxygen atoms in total. The summed E-state index contributed by atoms with van der Waals surface area (Å²) in [5.41, 5.74) is -0.542. The monoisotopic (exact) mass is 358 g/mol. The number of amides is 1. The second kappa shape index (κ2) is 6.91. The number of carboxylic acids is 1. The number of halogens is 1. The molecule has 0 heterocycles. The molecule has 0 unspecified atom stereocenters. The van der Waals surface area contributed by atoms with Crippen molar-refractivity contribution in [2.75, 3.05) is 4.90 Å². The highest BCUT2D eigenvalue weighted by Gasteiger charge is 2.36. The average Bonchev–Trinajstić information content (AvgIpc) is 3.45. The van der Waals surface area contributed by atoms with Crippen LogP contribution in [-0.4, -0.2) is 21.9 Å². The normalized spacial score (nSPS) is 13.3. The van der Waals surface area contributed by atoms with E-state index in [0.29, 0.717) is 12.8 Å². The number of aromatic carboxylic acids is 1. The number of hydrogen-bond donors (Lipinski definition) is 1. The molecule has 1 aliphatic rings. The summed E-state index contributed by atoms with van der Waals surface area (Å²) in [4.78, 5) is 35.8. The lowest BCUT2D eigenvalue weighted by molar-refractivity contribution is -0.384. The Hall–Kier alpha value is -3.29. The minimum atomic E-state index is -1.27. The van der Waals surface area contributed by atoms with Crippen molar-refractivity contribution in [3.63, 3.8) is 0 Å². The zero-order chi connectivity index (χ0) is 18.8. The van der Waals surface area contributed by atoms with Crippen LogP contribution in [0.1, 0.15) is 28.8 Å². The van der Waals surface area contributed by atoms with Gasteiger partial charge in [-0.25, -0.2) is 9.18 Å². The van der Waals surface area contributed by atoms with Crippen LogP contribution in [0.2, 0.25) is 0 Å².